The molecule has 5 nitrogen and oxygen atoms in total. The largest absolute Gasteiger partial charge is 0.354 e. The molecule has 0 radical (unpaired) electrons. The van der Waals surface area contributed by atoms with Crippen molar-refractivity contribution in [3.8, 4) is 0 Å². The summed E-state index contributed by atoms with van der Waals surface area (Å²) in [5.41, 5.74) is 2.33. The second-order valence-electron chi connectivity index (χ2n) is 8.40. The predicted molar refractivity (Wildman–Crippen MR) is 126 cm³/mol. The average molecular weight is 451 g/mol. The lowest BCUT2D eigenvalue weighted by atomic mass is 9.88. The van der Waals surface area contributed by atoms with Gasteiger partial charge in [-0.1, -0.05) is 24.3 Å². The van der Waals surface area contributed by atoms with Crippen LogP contribution in [0.2, 0.25) is 0 Å². The Morgan fingerprint density at radius 3 is 2.00 bits per heavy atom. The van der Waals surface area contributed by atoms with Gasteiger partial charge in [0.25, 0.3) is 5.91 Å². The van der Waals surface area contributed by atoms with Gasteiger partial charge < -0.3 is 15.1 Å². The number of piperazine rings is 1. The number of likely N-dealkylation sites (N-methyl/N-ethyl adjacent to an activating group) is 1. The molecule has 1 aromatic heterocycles. The molecular weight excluding hydrogens is 422 g/mol. The summed E-state index contributed by atoms with van der Waals surface area (Å²) in [5, 5.41) is 2.95. The molecule has 4 rings (SSSR count). The summed E-state index contributed by atoms with van der Waals surface area (Å²) in [6.07, 6.45) is 2.20. The van der Waals surface area contributed by atoms with Crippen LogP contribution >= 0.6 is 0 Å². The number of pyridine rings is 1. The summed E-state index contributed by atoms with van der Waals surface area (Å²) in [6, 6.07) is 16.3. The highest BCUT2D eigenvalue weighted by Crippen LogP contribution is 2.28. The van der Waals surface area contributed by atoms with E-state index in [1.54, 1.807) is 36.5 Å². The number of amides is 1. The van der Waals surface area contributed by atoms with Gasteiger partial charge in [-0.05, 0) is 61.0 Å². The van der Waals surface area contributed by atoms with E-state index in [1.807, 2.05) is 6.07 Å². The number of hydrogen-bond donors (Lipinski definition) is 1. The van der Waals surface area contributed by atoms with Crippen LogP contribution in [0.25, 0.3) is 0 Å². The lowest BCUT2D eigenvalue weighted by molar-refractivity contribution is 0.0952. The molecule has 1 aliphatic heterocycles. The minimum atomic E-state index is -0.308. The fraction of sp³-hybridized carbons (Fsp3) is 0.308. The minimum Gasteiger partial charge on any atom is -0.354 e. The first-order chi connectivity index (χ1) is 16.0. The second-order valence-corrected chi connectivity index (χ2v) is 8.40. The number of hydrogen-bond acceptors (Lipinski definition) is 4. The number of benzene rings is 2. The normalized spacial score (nSPS) is 14.5. The van der Waals surface area contributed by atoms with Crippen molar-refractivity contribution in [3.63, 3.8) is 0 Å². The Bertz CT molecular complexity index is 1000. The van der Waals surface area contributed by atoms with E-state index < -0.39 is 0 Å². The quantitative estimate of drug-likeness (QED) is 0.590. The maximum Gasteiger partial charge on any atom is 0.252 e. The molecule has 172 valence electrons. The monoisotopic (exact) mass is 450 g/mol. The molecule has 0 atom stereocenters. The third kappa shape index (κ3) is 5.93. The molecule has 2 aromatic carbocycles. The molecule has 1 N–H and O–H groups in total. The molecule has 0 unspecified atom stereocenters. The SMILES string of the molecule is CN1CCN(c2ccc(C(=O)NCCC(c3ccc(F)cc3)c3ccc(F)cc3)cn2)CC1. The van der Waals surface area contributed by atoms with Crippen LogP contribution in [-0.4, -0.2) is 55.6 Å². The Morgan fingerprint density at radius 2 is 1.48 bits per heavy atom. The molecule has 0 spiro atoms. The Balaban J connectivity index is 1.38. The van der Waals surface area contributed by atoms with Gasteiger partial charge in [0.1, 0.15) is 17.5 Å². The fourth-order valence-electron chi connectivity index (χ4n) is 4.09. The first-order valence-electron chi connectivity index (χ1n) is 11.2. The Labute approximate surface area is 193 Å². The Morgan fingerprint density at radius 1 is 0.909 bits per heavy atom. The Kier molecular flexibility index (Phi) is 7.29. The van der Waals surface area contributed by atoms with E-state index in [-0.39, 0.29) is 23.5 Å². The molecule has 1 amide bonds. The van der Waals surface area contributed by atoms with E-state index in [9.17, 15) is 13.6 Å². The van der Waals surface area contributed by atoms with Gasteiger partial charge in [0.05, 0.1) is 5.56 Å². The van der Waals surface area contributed by atoms with Crippen LogP contribution in [0.3, 0.4) is 0 Å². The molecule has 1 fully saturated rings. The number of rotatable bonds is 7. The molecule has 1 aliphatic rings. The number of carbonyl (C=O) groups is 1. The second kappa shape index (κ2) is 10.5. The lowest BCUT2D eigenvalue weighted by Crippen LogP contribution is -2.44. The van der Waals surface area contributed by atoms with E-state index >= 15 is 0 Å². The summed E-state index contributed by atoms with van der Waals surface area (Å²) in [5.74, 6) is -0.0178. The standard InChI is InChI=1S/C26H28F2N4O/c1-31-14-16-32(17-15-31)25-11-6-21(18-30-25)26(33)29-13-12-24(19-2-7-22(27)8-3-19)20-4-9-23(28)10-5-20/h2-11,18,24H,12-17H2,1H3,(H,29,33). The molecule has 0 aliphatic carbocycles. The number of halogens is 2. The van der Waals surface area contributed by atoms with Gasteiger partial charge in [-0.15, -0.1) is 0 Å². The highest BCUT2D eigenvalue weighted by Gasteiger charge is 2.17. The van der Waals surface area contributed by atoms with Crippen molar-refractivity contribution in [2.75, 3.05) is 44.7 Å². The van der Waals surface area contributed by atoms with Crippen molar-refractivity contribution in [3.05, 3.63) is 95.2 Å². The van der Waals surface area contributed by atoms with E-state index in [2.05, 4.69) is 27.1 Å². The van der Waals surface area contributed by atoms with Crippen molar-refractivity contribution in [2.24, 2.45) is 0 Å². The van der Waals surface area contributed by atoms with E-state index in [0.717, 1.165) is 43.1 Å². The highest BCUT2D eigenvalue weighted by molar-refractivity contribution is 5.94. The fourth-order valence-corrected chi connectivity index (χ4v) is 4.09. The molecule has 3 aromatic rings. The third-order valence-electron chi connectivity index (χ3n) is 6.10. The molecular formula is C26H28F2N4O. The first-order valence-corrected chi connectivity index (χ1v) is 11.2. The van der Waals surface area contributed by atoms with Crippen molar-refractivity contribution >= 4 is 11.7 Å². The Hall–Kier alpha value is -3.32. The summed E-state index contributed by atoms with van der Waals surface area (Å²) in [4.78, 5) is 21.6. The van der Waals surface area contributed by atoms with Crippen LogP contribution < -0.4 is 10.2 Å². The molecule has 0 saturated carbocycles. The van der Waals surface area contributed by atoms with Gasteiger partial charge in [-0.25, -0.2) is 13.8 Å². The van der Waals surface area contributed by atoms with Crippen LogP contribution in [0, 0.1) is 11.6 Å². The molecule has 2 heterocycles. The minimum absolute atomic E-state index is 0.0933. The van der Waals surface area contributed by atoms with E-state index in [4.69, 9.17) is 0 Å². The summed E-state index contributed by atoms with van der Waals surface area (Å²) >= 11 is 0. The zero-order valence-electron chi connectivity index (χ0n) is 18.7. The van der Waals surface area contributed by atoms with Crippen LogP contribution in [0.4, 0.5) is 14.6 Å². The molecule has 1 saturated heterocycles. The maximum absolute atomic E-state index is 13.4. The summed E-state index contributed by atoms with van der Waals surface area (Å²) in [6.45, 7) is 4.24. The van der Waals surface area contributed by atoms with E-state index in [1.165, 1.54) is 24.3 Å². The zero-order chi connectivity index (χ0) is 23.2. The van der Waals surface area contributed by atoms with Gasteiger partial charge in [0.2, 0.25) is 0 Å². The number of anilines is 1. The van der Waals surface area contributed by atoms with E-state index in [0.29, 0.717) is 18.5 Å². The van der Waals surface area contributed by atoms with Crippen molar-refractivity contribution < 1.29 is 13.6 Å². The van der Waals surface area contributed by atoms with Gasteiger partial charge in [-0.2, -0.15) is 0 Å². The van der Waals surface area contributed by atoms with Crippen LogP contribution in [0.1, 0.15) is 33.8 Å². The highest BCUT2D eigenvalue weighted by atomic mass is 19.1. The molecule has 0 bridgehead atoms. The maximum atomic E-state index is 13.4. The number of nitrogens with one attached hydrogen (secondary N) is 1. The average Bonchev–Trinajstić information content (AvgIpc) is 2.84. The predicted octanol–water partition coefficient (Wildman–Crippen LogP) is 4.06. The van der Waals surface area contributed by atoms with Gasteiger partial charge >= 0.3 is 0 Å². The van der Waals surface area contributed by atoms with Gasteiger partial charge in [0.15, 0.2) is 0 Å². The third-order valence-corrected chi connectivity index (χ3v) is 6.10. The topological polar surface area (TPSA) is 48.5 Å². The summed E-state index contributed by atoms with van der Waals surface area (Å²) < 4.78 is 26.8. The van der Waals surface area contributed by atoms with Crippen molar-refractivity contribution in [1.29, 1.82) is 0 Å². The number of aromatic nitrogens is 1. The van der Waals surface area contributed by atoms with Crippen LogP contribution in [0.15, 0.2) is 66.9 Å². The smallest absolute Gasteiger partial charge is 0.252 e. The lowest BCUT2D eigenvalue weighted by Gasteiger charge is -2.33. The van der Waals surface area contributed by atoms with Crippen LogP contribution in [0.5, 0.6) is 0 Å². The van der Waals surface area contributed by atoms with Gasteiger partial charge in [-0.3, -0.25) is 4.79 Å². The van der Waals surface area contributed by atoms with Gasteiger partial charge in [0, 0.05) is 44.8 Å². The summed E-state index contributed by atoms with van der Waals surface area (Å²) in [7, 11) is 2.11. The first kappa shape index (κ1) is 22.9. The number of nitrogens with zero attached hydrogens (tertiary/aromatic N) is 3. The zero-order valence-corrected chi connectivity index (χ0v) is 18.7. The van der Waals surface area contributed by atoms with Crippen molar-refractivity contribution in [1.82, 2.24) is 15.2 Å². The number of carbonyl (C=O) groups excluding carboxylic acids is 1. The molecule has 33 heavy (non-hydrogen) atoms. The molecule has 7 heteroatoms. The van der Waals surface area contributed by atoms with Crippen molar-refractivity contribution in [2.45, 2.75) is 12.3 Å². The van der Waals surface area contributed by atoms with Crippen LogP contribution in [-0.2, 0) is 0 Å².